The maximum atomic E-state index is 13.5. The largest absolute Gasteiger partial charge is 0.462 e. The quantitative estimate of drug-likeness (QED) is 0.755. The number of hydrogen-bond donors (Lipinski definition) is 0. The van der Waals surface area contributed by atoms with Gasteiger partial charge < -0.3 is 14.2 Å². The van der Waals surface area contributed by atoms with Crippen LogP contribution in [0.15, 0.2) is 28.9 Å². The van der Waals surface area contributed by atoms with Crippen LogP contribution < -0.4 is 4.90 Å². The fourth-order valence-electron chi connectivity index (χ4n) is 2.31. The zero-order valence-corrected chi connectivity index (χ0v) is 9.82. The SMILES string of the molecule is CN1CCN(c2ccc(F)c3ccoc23)CC1. The number of benzene rings is 1. The van der Waals surface area contributed by atoms with Gasteiger partial charge in [0.05, 0.1) is 17.3 Å². The van der Waals surface area contributed by atoms with Gasteiger partial charge in [0.25, 0.3) is 0 Å². The summed E-state index contributed by atoms with van der Waals surface area (Å²) >= 11 is 0. The summed E-state index contributed by atoms with van der Waals surface area (Å²) in [6.45, 7) is 3.97. The Morgan fingerprint density at radius 3 is 2.65 bits per heavy atom. The lowest BCUT2D eigenvalue weighted by Gasteiger charge is -2.33. The summed E-state index contributed by atoms with van der Waals surface area (Å²) in [4.78, 5) is 4.55. The highest BCUT2D eigenvalue weighted by atomic mass is 19.1. The molecule has 0 N–H and O–H groups in total. The fourth-order valence-corrected chi connectivity index (χ4v) is 2.31. The molecule has 2 aromatic rings. The van der Waals surface area contributed by atoms with E-state index >= 15 is 0 Å². The smallest absolute Gasteiger partial charge is 0.160 e. The summed E-state index contributed by atoms with van der Waals surface area (Å²) in [6, 6.07) is 5.02. The van der Waals surface area contributed by atoms with Crippen molar-refractivity contribution in [2.45, 2.75) is 0 Å². The number of anilines is 1. The van der Waals surface area contributed by atoms with Gasteiger partial charge in [-0.15, -0.1) is 0 Å². The molecule has 17 heavy (non-hydrogen) atoms. The third kappa shape index (κ3) is 1.78. The zero-order chi connectivity index (χ0) is 11.8. The molecule has 1 aliphatic heterocycles. The van der Waals surface area contributed by atoms with E-state index in [9.17, 15) is 4.39 Å². The van der Waals surface area contributed by atoms with Crippen molar-refractivity contribution < 1.29 is 8.81 Å². The Labute approximate surface area is 99.4 Å². The molecule has 1 fully saturated rings. The second-order valence-corrected chi connectivity index (χ2v) is 4.52. The predicted octanol–water partition coefficient (Wildman–Crippen LogP) is 2.32. The number of halogens is 1. The molecule has 4 heteroatoms. The minimum Gasteiger partial charge on any atom is -0.462 e. The van der Waals surface area contributed by atoms with Crippen molar-refractivity contribution in [2.75, 3.05) is 38.1 Å². The highest BCUT2D eigenvalue weighted by molar-refractivity contribution is 5.90. The van der Waals surface area contributed by atoms with Gasteiger partial charge in [-0.1, -0.05) is 0 Å². The van der Waals surface area contributed by atoms with Gasteiger partial charge in [0.1, 0.15) is 5.82 Å². The lowest BCUT2D eigenvalue weighted by molar-refractivity contribution is 0.313. The number of rotatable bonds is 1. The lowest BCUT2D eigenvalue weighted by Crippen LogP contribution is -2.44. The maximum Gasteiger partial charge on any atom is 0.160 e. The van der Waals surface area contributed by atoms with E-state index < -0.39 is 0 Å². The van der Waals surface area contributed by atoms with Crippen LogP contribution in [0.25, 0.3) is 11.0 Å². The van der Waals surface area contributed by atoms with Gasteiger partial charge >= 0.3 is 0 Å². The summed E-state index contributed by atoms with van der Waals surface area (Å²) in [7, 11) is 2.12. The molecular formula is C13H15FN2O. The summed E-state index contributed by atoms with van der Waals surface area (Å²) in [6.07, 6.45) is 1.55. The monoisotopic (exact) mass is 234 g/mol. The fraction of sp³-hybridized carbons (Fsp3) is 0.385. The molecule has 0 radical (unpaired) electrons. The molecule has 3 nitrogen and oxygen atoms in total. The summed E-state index contributed by atoms with van der Waals surface area (Å²) < 4.78 is 19.0. The minimum atomic E-state index is -0.216. The molecule has 0 aliphatic carbocycles. The first kappa shape index (κ1) is 10.6. The molecule has 1 aromatic heterocycles. The molecule has 0 amide bonds. The van der Waals surface area contributed by atoms with E-state index in [0.717, 1.165) is 31.9 Å². The highest BCUT2D eigenvalue weighted by Crippen LogP contribution is 2.30. The second kappa shape index (κ2) is 4.04. The average Bonchev–Trinajstić information content (AvgIpc) is 2.81. The summed E-state index contributed by atoms with van der Waals surface area (Å²) in [5.74, 6) is -0.216. The number of nitrogens with zero attached hydrogens (tertiary/aromatic N) is 2. The molecule has 0 spiro atoms. The first-order chi connectivity index (χ1) is 8.25. The van der Waals surface area contributed by atoms with Crippen molar-refractivity contribution in [1.29, 1.82) is 0 Å². The molecule has 1 saturated heterocycles. The number of fused-ring (bicyclic) bond motifs is 1. The van der Waals surface area contributed by atoms with Gasteiger partial charge in [0.15, 0.2) is 5.58 Å². The van der Waals surface area contributed by atoms with E-state index in [2.05, 4.69) is 16.8 Å². The topological polar surface area (TPSA) is 19.6 Å². The van der Waals surface area contributed by atoms with Gasteiger partial charge in [-0.25, -0.2) is 4.39 Å². The molecule has 0 bridgehead atoms. The van der Waals surface area contributed by atoms with Gasteiger partial charge in [-0.05, 0) is 25.2 Å². The molecule has 0 saturated carbocycles. The van der Waals surface area contributed by atoms with E-state index in [1.165, 1.54) is 6.07 Å². The van der Waals surface area contributed by atoms with Crippen molar-refractivity contribution >= 4 is 16.7 Å². The molecule has 2 heterocycles. The van der Waals surface area contributed by atoms with Crippen molar-refractivity contribution in [1.82, 2.24) is 4.90 Å². The summed E-state index contributed by atoms with van der Waals surface area (Å²) in [5, 5.41) is 0.571. The Hall–Kier alpha value is -1.55. The van der Waals surface area contributed by atoms with Crippen LogP contribution in [0.4, 0.5) is 10.1 Å². The zero-order valence-electron chi connectivity index (χ0n) is 9.82. The van der Waals surface area contributed by atoms with E-state index in [0.29, 0.717) is 11.0 Å². The van der Waals surface area contributed by atoms with Crippen LogP contribution >= 0.6 is 0 Å². The van der Waals surface area contributed by atoms with Crippen molar-refractivity contribution in [3.05, 3.63) is 30.3 Å². The van der Waals surface area contributed by atoms with Gasteiger partial charge in [-0.2, -0.15) is 0 Å². The number of furan rings is 1. The number of piperazine rings is 1. The number of likely N-dealkylation sites (N-methyl/N-ethyl adjacent to an activating group) is 1. The standard InChI is InChI=1S/C13H15FN2O/c1-15-5-7-16(8-6-15)12-3-2-11(14)10-4-9-17-13(10)12/h2-4,9H,5-8H2,1H3. The van der Waals surface area contributed by atoms with Crippen LogP contribution in [0.3, 0.4) is 0 Å². The minimum absolute atomic E-state index is 0.216. The van der Waals surface area contributed by atoms with Crippen LogP contribution in [0.2, 0.25) is 0 Å². The lowest BCUT2D eigenvalue weighted by atomic mass is 10.2. The Morgan fingerprint density at radius 2 is 1.88 bits per heavy atom. The first-order valence-corrected chi connectivity index (χ1v) is 5.85. The predicted molar refractivity (Wildman–Crippen MR) is 65.9 cm³/mol. The van der Waals surface area contributed by atoms with Gasteiger partial charge in [0, 0.05) is 26.2 Å². The van der Waals surface area contributed by atoms with Gasteiger partial charge in [0.2, 0.25) is 0 Å². The van der Waals surface area contributed by atoms with Crippen molar-refractivity contribution in [3.8, 4) is 0 Å². The van der Waals surface area contributed by atoms with Crippen LogP contribution in [-0.4, -0.2) is 38.1 Å². The molecule has 0 atom stereocenters. The third-order valence-electron chi connectivity index (χ3n) is 3.39. The van der Waals surface area contributed by atoms with Crippen LogP contribution in [-0.2, 0) is 0 Å². The van der Waals surface area contributed by atoms with Crippen molar-refractivity contribution in [2.24, 2.45) is 0 Å². The van der Waals surface area contributed by atoms with E-state index in [4.69, 9.17) is 4.42 Å². The molecule has 1 aromatic carbocycles. The van der Waals surface area contributed by atoms with Crippen molar-refractivity contribution in [3.63, 3.8) is 0 Å². The second-order valence-electron chi connectivity index (χ2n) is 4.52. The molecular weight excluding hydrogens is 219 g/mol. The summed E-state index contributed by atoms with van der Waals surface area (Å²) in [5.41, 5.74) is 1.66. The maximum absolute atomic E-state index is 13.5. The molecule has 1 aliphatic rings. The van der Waals surface area contributed by atoms with Crippen LogP contribution in [0.1, 0.15) is 0 Å². The van der Waals surface area contributed by atoms with E-state index in [1.54, 1.807) is 12.3 Å². The molecule has 90 valence electrons. The normalized spacial score (nSPS) is 17.9. The van der Waals surface area contributed by atoms with E-state index in [1.807, 2.05) is 6.07 Å². The Kier molecular flexibility index (Phi) is 2.52. The van der Waals surface area contributed by atoms with E-state index in [-0.39, 0.29) is 5.82 Å². The first-order valence-electron chi connectivity index (χ1n) is 5.85. The molecule has 0 unspecified atom stereocenters. The Morgan fingerprint density at radius 1 is 1.12 bits per heavy atom. The van der Waals surface area contributed by atoms with Crippen LogP contribution in [0.5, 0.6) is 0 Å². The Balaban J connectivity index is 2.00. The third-order valence-corrected chi connectivity index (χ3v) is 3.39. The molecule has 3 rings (SSSR count). The van der Waals surface area contributed by atoms with Crippen LogP contribution in [0, 0.1) is 5.82 Å². The highest BCUT2D eigenvalue weighted by Gasteiger charge is 2.18. The Bertz CT molecular complexity index is 529. The number of hydrogen-bond acceptors (Lipinski definition) is 3. The van der Waals surface area contributed by atoms with Gasteiger partial charge in [-0.3, -0.25) is 0 Å². The average molecular weight is 234 g/mol.